The van der Waals surface area contributed by atoms with Gasteiger partial charge in [0.1, 0.15) is 5.75 Å². The number of carbonyl (C=O) groups is 1. The number of rotatable bonds is 2. The molecule has 2 aromatic carbocycles. The van der Waals surface area contributed by atoms with Crippen molar-refractivity contribution in [3.63, 3.8) is 0 Å². The van der Waals surface area contributed by atoms with Crippen molar-refractivity contribution >= 4 is 28.4 Å². The van der Waals surface area contributed by atoms with E-state index < -0.39 is 0 Å². The summed E-state index contributed by atoms with van der Waals surface area (Å²) in [4.78, 5) is 12.6. The molecule has 3 heteroatoms. The van der Waals surface area contributed by atoms with Crippen LogP contribution in [0.1, 0.15) is 35.3 Å². The lowest BCUT2D eigenvalue weighted by Gasteiger charge is -2.15. The molecule has 1 aliphatic heterocycles. The monoisotopic (exact) mass is 378 g/mol. The molecule has 0 radical (unpaired) electrons. The minimum absolute atomic E-state index is 0.0323. The average molecular weight is 378 g/mol. The molecule has 0 saturated heterocycles. The minimum atomic E-state index is -0.0323. The molecule has 3 rings (SSSR count). The molecule has 0 aromatic heterocycles. The molecule has 1 heterocycles. The summed E-state index contributed by atoms with van der Waals surface area (Å²) < 4.78 is 6.64. The zero-order valence-corrected chi connectivity index (χ0v) is 13.6. The maximum atomic E-state index is 12.6. The smallest absolute Gasteiger partial charge is 0.194 e. The Morgan fingerprint density at radius 1 is 1.20 bits per heavy atom. The van der Waals surface area contributed by atoms with E-state index in [0.717, 1.165) is 26.0 Å². The Kier molecular flexibility index (Phi) is 3.32. The van der Waals surface area contributed by atoms with Gasteiger partial charge in [-0.1, -0.05) is 26.0 Å². The first-order valence-electron chi connectivity index (χ1n) is 6.55. The summed E-state index contributed by atoms with van der Waals surface area (Å²) in [6.45, 7) is 4.95. The summed E-state index contributed by atoms with van der Waals surface area (Å²) in [5.74, 6) is 0.967. The van der Waals surface area contributed by atoms with E-state index in [-0.39, 0.29) is 11.2 Å². The molecule has 0 aliphatic carbocycles. The third-order valence-corrected chi connectivity index (χ3v) is 4.62. The van der Waals surface area contributed by atoms with Crippen LogP contribution in [0, 0.1) is 3.57 Å². The number of benzene rings is 2. The fraction of sp³-hybridized carbons (Fsp3) is 0.235. The van der Waals surface area contributed by atoms with Crippen LogP contribution in [0.3, 0.4) is 0 Å². The number of hydrogen-bond donors (Lipinski definition) is 0. The van der Waals surface area contributed by atoms with Crippen LogP contribution >= 0.6 is 22.6 Å². The first kappa shape index (κ1) is 13.6. The van der Waals surface area contributed by atoms with Crippen LogP contribution in [-0.4, -0.2) is 12.4 Å². The van der Waals surface area contributed by atoms with Gasteiger partial charge in [-0.15, -0.1) is 0 Å². The Hall–Kier alpha value is -1.36. The molecular formula is C17H15IO2. The van der Waals surface area contributed by atoms with Gasteiger partial charge in [-0.25, -0.2) is 0 Å². The van der Waals surface area contributed by atoms with Crippen molar-refractivity contribution < 1.29 is 9.53 Å². The van der Waals surface area contributed by atoms with Crippen LogP contribution in [0.15, 0.2) is 42.5 Å². The van der Waals surface area contributed by atoms with Gasteiger partial charge in [0.2, 0.25) is 0 Å². The first-order chi connectivity index (χ1) is 9.49. The van der Waals surface area contributed by atoms with Crippen LogP contribution in [0.4, 0.5) is 0 Å². The lowest BCUT2D eigenvalue weighted by molar-refractivity contribution is 0.103. The molecule has 0 atom stereocenters. The Morgan fingerprint density at radius 2 is 1.95 bits per heavy atom. The number of halogens is 1. The number of ether oxygens (including phenoxy) is 1. The number of carbonyl (C=O) groups excluding carboxylic acids is 1. The molecule has 102 valence electrons. The van der Waals surface area contributed by atoms with Crippen molar-refractivity contribution in [2.45, 2.75) is 19.3 Å². The highest BCUT2D eigenvalue weighted by Gasteiger charge is 2.32. The SMILES string of the molecule is CC1(C)COc2ccc(C(=O)c3ccccc3I)cc21. The molecule has 0 fully saturated rings. The van der Waals surface area contributed by atoms with Crippen molar-refractivity contribution in [3.05, 3.63) is 62.7 Å². The summed E-state index contributed by atoms with van der Waals surface area (Å²) in [6.07, 6.45) is 0. The van der Waals surface area contributed by atoms with Crippen molar-refractivity contribution in [3.8, 4) is 5.75 Å². The highest BCUT2D eigenvalue weighted by atomic mass is 127. The normalized spacial score (nSPS) is 15.6. The van der Waals surface area contributed by atoms with Gasteiger partial charge in [0, 0.05) is 25.7 Å². The van der Waals surface area contributed by atoms with E-state index in [9.17, 15) is 4.79 Å². The van der Waals surface area contributed by atoms with Crippen molar-refractivity contribution in [2.75, 3.05) is 6.61 Å². The molecule has 0 spiro atoms. The molecular weight excluding hydrogens is 363 g/mol. The van der Waals surface area contributed by atoms with E-state index in [2.05, 4.69) is 36.4 Å². The molecule has 1 aliphatic rings. The van der Waals surface area contributed by atoms with E-state index in [1.807, 2.05) is 42.5 Å². The van der Waals surface area contributed by atoms with E-state index in [1.54, 1.807) is 0 Å². The van der Waals surface area contributed by atoms with Crippen LogP contribution in [0.2, 0.25) is 0 Å². The average Bonchev–Trinajstić information content (AvgIpc) is 2.74. The Balaban J connectivity index is 2.05. The summed E-state index contributed by atoms with van der Waals surface area (Å²) in [5, 5.41) is 0. The second kappa shape index (κ2) is 4.88. The highest BCUT2D eigenvalue weighted by Crippen LogP contribution is 2.39. The predicted octanol–water partition coefficient (Wildman–Crippen LogP) is 4.19. The molecule has 0 amide bonds. The third kappa shape index (κ3) is 2.24. The minimum Gasteiger partial charge on any atom is -0.492 e. The zero-order valence-electron chi connectivity index (χ0n) is 11.4. The largest absolute Gasteiger partial charge is 0.492 e. The molecule has 0 saturated carbocycles. The summed E-state index contributed by atoms with van der Waals surface area (Å²) >= 11 is 2.20. The van der Waals surface area contributed by atoms with Crippen LogP contribution in [0.25, 0.3) is 0 Å². The first-order valence-corrected chi connectivity index (χ1v) is 7.63. The van der Waals surface area contributed by atoms with E-state index in [1.165, 1.54) is 0 Å². The molecule has 0 N–H and O–H groups in total. The van der Waals surface area contributed by atoms with Gasteiger partial charge in [-0.05, 0) is 52.9 Å². The number of ketones is 1. The van der Waals surface area contributed by atoms with Crippen LogP contribution < -0.4 is 4.74 Å². The number of hydrogen-bond acceptors (Lipinski definition) is 2. The molecule has 0 bridgehead atoms. The maximum absolute atomic E-state index is 12.6. The van der Waals surface area contributed by atoms with Crippen molar-refractivity contribution in [1.82, 2.24) is 0 Å². The zero-order chi connectivity index (χ0) is 14.3. The topological polar surface area (TPSA) is 26.3 Å². The lowest BCUT2D eigenvalue weighted by atomic mass is 9.85. The van der Waals surface area contributed by atoms with Gasteiger partial charge >= 0.3 is 0 Å². The van der Waals surface area contributed by atoms with Crippen LogP contribution in [0.5, 0.6) is 5.75 Å². The van der Waals surface area contributed by atoms with Gasteiger partial charge < -0.3 is 4.74 Å². The summed E-state index contributed by atoms with van der Waals surface area (Å²) in [5.41, 5.74) is 2.57. The fourth-order valence-electron chi connectivity index (χ4n) is 2.46. The quantitative estimate of drug-likeness (QED) is 0.579. The van der Waals surface area contributed by atoms with Gasteiger partial charge in [-0.3, -0.25) is 4.79 Å². The second-order valence-corrected chi connectivity index (χ2v) is 6.85. The molecule has 0 unspecified atom stereocenters. The van der Waals surface area contributed by atoms with Gasteiger partial charge in [0.25, 0.3) is 0 Å². The van der Waals surface area contributed by atoms with Gasteiger partial charge in [0.05, 0.1) is 6.61 Å². The summed E-state index contributed by atoms with van der Waals surface area (Å²) in [7, 11) is 0. The lowest BCUT2D eigenvalue weighted by Crippen LogP contribution is -2.18. The summed E-state index contributed by atoms with van der Waals surface area (Å²) in [6, 6.07) is 13.4. The van der Waals surface area contributed by atoms with Crippen molar-refractivity contribution in [1.29, 1.82) is 0 Å². The molecule has 2 aromatic rings. The maximum Gasteiger partial charge on any atom is 0.194 e. The Bertz CT molecular complexity index is 689. The van der Waals surface area contributed by atoms with Gasteiger partial charge in [0.15, 0.2) is 5.78 Å². The standard InChI is InChI=1S/C17H15IO2/c1-17(2)10-20-15-8-7-11(9-13(15)17)16(19)12-5-3-4-6-14(12)18/h3-9H,10H2,1-2H3. The number of fused-ring (bicyclic) bond motifs is 1. The van der Waals surface area contributed by atoms with Crippen molar-refractivity contribution in [2.24, 2.45) is 0 Å². The van der Waals surface area contributed by atoms with E-state index in [0.29, 0.717) is 6.61 Å². The molecule has 2 nitrogen and oxygen atoms in total. The second-order valence-electron chi connectivity index (χ2n) is 5.69. The van der Waals surface area contributed by atoms with Gasteiger partial charge in [-0.2, -0.15) is 0 Å². The van der Waals surface area contributed by atoms with Crippen LogP contribution in [-0.2, 0) is 5.41 Å². The Labute approximate surface area is 132 Å². The Morgan fingerprint density at radius 3 is 2.70 bits per heavy atom. The third-order valence-electron chi connectivity index (χ3n) is 3.68. The van der Waals surface area contributed by atoms with E-state index >= 15 is 0 Å². The fourth-order valence-corrected chi connectivity index (χ4v) is 3.10. The molecule has 20 heavy (non-hydrogen) atoms. The highest BCUT2D eigenvalue weighted by molar-refractivity contribution is 14.1. The van der Waals surface area contributed by atoms with E-state index in [4.69, 9.17) is 4.74 Å². The predicted molar refractivity (Wildman–Crippen MR) is 87.6 cm³/mol.